The number of hydrogen-bond donors (Lipinski definition) is 6. The second-order valence-electron chi connectivity index (χ2n) is 13.4. The summed E-state index contributed by atoms with van der Waals surface area (Å²) in [4.78, 5) is 56.4. The van der Waals surface area contributed by atoms with Gasteiger partial charge in [-0.3, -0.25) is 14.4 Å². The van der Waals surface area contributed by atoms with Crippen LogP contribution in [0.5, 0.6) is 0 Å². The van der Waals surface area contributed by atoms with Gasteiger partial charge < -0.3 is 45.3 Å². The Labute approximate surface area is 348 Å². The predicted molar refractivity (Wildman–Crippen MR) is 209 cm³/mol. The van der Waals surface area contributed by atoms with Gasteiger partial charge in [0.2, 0.25) is 5.62 Å². The monoisotopic (exact) mass is 903 g/mol. The van der Waals surface area contributed by atoms with Crippen LogP contribution < -0.4 is 16.3 Å². The molecule has 0 radical (unpaired) electrons. The van der Waals surface area contributed by atoms with E-state index in [1.54, 1.807) is 24.3 Å². The Morgan fingerprint density at radius 2 is 1.57 bits per heavy atom. The first-order valence-corrected chi connectivity index (χ1v) is 19.2. The van der Waals surface area contributed by atoms with Gasteiger partial charge in [-0.15, -0.1) is 0 Å². The molecule has 0 unspecified atom stereocenters. The minimum Gasteiger partial charge on any atom is -0.475 e. The summed E-state index contributed by atoms with van der Waals surface area (Å²) in [6, 6.07) is 23.3. The zero-order chi connectivity index (χ0) is 43.6. The van der Waals surface area contributed by atoms with Crippen molar-refractivity contribution < 1.29 is 67.0 Å². The lowest BCUT2D eigenvalue weighted by Crippen LogP contribution is -2.42. The third-order valence-corrected chi connectivity index (χ3v) is 10.0. The first-order valence-electron chi connectivity index (χ1n) is 18.4. The van der Waals surface area contributed by atoms with E-state index in [0.29, 0.717) is 18.4 Å². The van der Waals surface area contributed by atoms with Crippen molar-refractivity contribution in [2.75, 3.05) is 32.2 Å². The zero-order valence-corrected chi connectivity index (χ0v) is 33.4. The SMILES string of the molecule is COC(=O)[C@H](CCCCN=c1nc(NC(=O)c2ccc(Br)cc2)ccn1[C@@H]1O[C@H](CO)[C@@H](O)[C@H]1O)NC(=O)OCC1c2ccccc2-c2ccccc21.O=C(O)C(F)(F)F. The minimum absolute atomic E-state index is 0.0785. The normalized spacial score (nSPS) is 19.0. The van der Waals surface area contributed by atoms with E-state index in [4.69, 9.17) is 24.1 Å². The molecule has 60 heavy (non-hydrogen) atoms. The van der Waals surface area contributed by atoms with Crippen LogP contribution in [0, 0.1) is 0 Å². The number of carbonyl (C=O) groups is 4. The number of benzene rings is 3. The number of carboxylic acids is 1. The van der Waals surface area contributed by atoms with Gasteiger partial charge in [-0.1, -0.05) is 64.5 Å². The Morgan fingerprint density at radius 1 is 0.950 bits per heavy atom. The summed E-state index contributed by atoms with van der Waals surface area (Å²) in [7, 11) is 1.24. The van der Waals surface area contributed by atoms with Crippen LogP contribution in [0.2, 0.25) is 0 Å². The lowest BCUT2D eigenvalue weighted by Gasteiger charge is -2.19. The number of anilines is 1. The third-order valence-electron chi connectivity index (χ3n) is 9.50. The molecule has 6 N–H and O–H groups in total. The van der Waals surface area contributed by atoms with Gasteiger partial charge in [0, 0.05) is 28.7 Å². The molecule has 1 saturated heterocycles. The molecule has 20 heteroatoms. The predicted octanol–water partition coefficient (Wildman–Crippen LogP) is 4.29. The van der Waals surface area contributed by atoms with Crippen molar-refractivity contribution in [1.82, 2.24) is 14.9 Å². The van der Waals surface area contributed by atoms with E-state index in [1.807, 2.05) is 48.5 Å². The standard InChI is InChI=1S/C38H40BrN5O9.C2HF3O2/c1-51-36(49)29(41-38(50)52-21-28-26-10-4-2-8-24(26)25-9-3-5-11-27(25)28)12-6-7-18-40-37-43-31(42-34(48)22-13-15-23(39)16-14-22)17-19-44(37)35-33(47)32(46)30(20-45)53-35;3-2(4,5)1(6)7/h2-5,8-11,13-17,19,28-30,32-33,35,45-47H,6-7,12,18,20-21H2,1H3,(H,41,50)(H,40,42,43,48);(H,6,7)/t29-,30+,32+,33+,35+;/m0./s1. The van der Waals surface area contributed by atoms with Gasteiger partial charge in [0.15, 0.2) is 6.23 Å². The minimum atomic E-state index is -5.08. The van der Waals surface area contributed by atoms with Crippen LogP contribution in [-0.2, 0) is 23.8 Å². The highest BCUT2D eigenvalue weighted by Crippen LogP contribution is 2.44. The number of halogens is 4. The average Bonchev–Trinajstić information content (AvgIpc) is 3.71. The molecule has 16 nitrogen and oxygen atoms in total. The van der Waals surface area contributed by atoms with Crippen molar-refractivity contribution in [3.63, 3.8) is 0 Å². The van der Waals surface area contributed by atoms with Crippen molar-refractivity contribution >= 4 is 45.7 Å². The number of aliphatic hydroxyl groups excluding tert-OH is 3. The van der Waals surface area contributed by atoms with Crippen LogP contribution in [0.4, 0.5) is 23.8 Å². The number of aliphatic hydroxyl groups is 3. The Bertz CT molecular complexity index is 2180. The summed E-state index contributed by atoms with van der Waals surface area (Å²) in [5.74, 6) is -3.73. The number of aliphatic carboxylic acids is 1. The Hall–Kier alpha value is -5.67. The molecular formula is C40H41BrF3N5O11. The van der Waals surface area contributed by atoms with Crippen molar-refractivity contribution in [2.24, 2.45) is 4.99 Å². The summed E-state index contributed by atoms with van der Waals surface area (Å²) in [5, 5.41) is 43.1. The van der Waals surface area contributed by atoms with Gasteiger partial charge in [-0.05, 0) is 71.8 Å². The van der Waals surface area contributed by atoms with Crippen LogP contribution in [0.3, 0.4) is 0 Å². The molecule has 320 valence electrons. The fourth-order valence-electron chi connectivity index (χ4n) is 6.52. The first kappa shape index (κ1) is 45.4. The molecule has 0 bridgehead atoms. The van der Waals surface area contributed by atoms with Gasteiger partial charge in [-0.25, -0.2) is 14.4 Å². The number of amides is 2. The number of nitrogens with one attached hydrogen (secondary N) is 2. The van der Waals surface area contributed by atoms with Crippen molar-refractivity contribution in [2.45, 2.75) is 61.9 Å². The lowest BCUT2D eigenvalue weighted by molar-refractivity contribution is -0.192. The van der Waals surface area contributed by atoms with Crippen molar-refractivity contribution in [3.8, 4) is 11.1 Å². The Morgan fingerprint density at radius 3 is 2.13 bits per heavy atom. The third kappa shape index (κ3) is 11.3. The average molecular weight is 905 g/mol. The number of esters is 1. The second kappa shape index (κ2) is 20.5. The molecular weight excluding hydrogens is 863 g/mol. The Kier molecular flexibility index (Phi) is 15.5. The molecule has 1 aliphatic carbocycles. The van der Waals surface area contributed by atoms with Crippen LogP contribution in [0.15, 0.2) is 94.5 Å². The molecule has 3 aromatic carbocycles. The molecule has 2 amide bonds. The molecule has 1 aliphatic heterocycles. The van der Waals surface area contributed by atoms with E-state index in [-0.39, 0.29) is 36.9 Å². The lowest BCUT2D eigenvalue weighted by atomic mass is 9.98. The summed E-state index contributed by atoms with van der Waals surface area (Å²) < 4.78 is 50.2. The van der Waals surface area contributed by atoms with Crippen LogP contribution >= 0.6 is 15.9 Å². The highest BCUT2D eigenvalue weighted by atomic mass is 79.9. The maximum atomic E-state index is 12.9. The van der Waals surface area contributed by atoms with Crippen LogP contribution in [-0.4, -0.2) is 111 Å². The number of alkyl halides is 3. The van der Waals surface area contributed by atoms with Gasteiger partial charge in [0.25, 0.3) is 5.91 Å². The quantitative estimate of drug-likeness (QED) is 0.0816. The number of ether oxygens (including phenoxy) is 3. The maximum Gasteiger partial charge on any atom is 0.490 e. The molecule has 1 fully saturated rings. The van der Waals surface area contributed by atoms with E-state index in [2.05, 4.69) is 36.5 Å². The smallest absolute Gasteiger partial charge is 0.475 e. The van der Waals surface area contributed by atoms with E-state index >= 15 is 0 Å². The maximum absolute atomic E-state index is 12.9. The number of alkyl carbamates (subject to hydrolysis) is 1. The number of nitrogens with zero attached hydrogens (tertiary/aromatic N) is 3. The van der Waals surface area contributed by atoms with E-state index in [9.17, 15) is 42.9 Å². The highest BCUT2D eigenvalue weighted by molar-refractivity contribution is 9.10. The number of unbranched alkanes of at least 4 members (excludes halogenated alkanes) is 1. The van der Waals surface area contributed by atoms with Crippen LogP contribution in [0.1, 0.15) is 52.9 Å². The summed E-state index contributed by atoms with van der Waals surface area (Å²) >= 11 is 3.35. The number of aromatic nitrogens is 2. The fraction of sp³-hybridized carbons (Fsp3) is 0.350. The second-order valence-corrected chi connectivity index (χ2v) is 14.4. The number of fused-ring (bicyclic) bond motifs is 3. The zero-order valence-electron chi connectivity index (χ0n) is 31.8. The molecule has 0 spiro atoms. The highest BCUT2D eigenvalue weighted by Gasteiger charge is 2.43. The van der Waals surface area contributed by atoms with E-state index in [0.717, 1.165) is 26.7 Å². The summed E-state index contributed by atoms with van der Waals surface area (Å²) in [5.41, 5.74) is 4.83. The summed E-state index contributed by atoms with van der Waals surface area (Å²) in [6.07, 6.45) is -8.05. The molecule has 5 atom stereocenters. The molecule has 6 rings (SSSR count). The first-order chi connectivity index (χ1) is 28.6. The largest absolute Gasteiger partial charge is 0.490 e. The Balaban J connectivity index is 0.000000896. The van der Waals surface area contributed by atoms with Gasteiger partial charge >= 0.3 is 24.2 Å². The molecule has 2 heterocycles. The number of carbonyl (C=O) groups excluding carboxylic acids is 3. The van der Waals surface area contributed by atoms with Crippen molar-refractivity contribution in [1.29, 1.82) is 0 Å². The summed E-state index contributed by atoms with van der Waals surface area (Å²) in [6.45, 7) is -0.218. The van der Waals surface area contributed by atoms with E-state index < -0.39 is 67.3 Å². The number of rotatable bonds is 13. The van der Waals surface area contributed by atoms with E-state index in [1.165, 1.54) is 23.9 Å². The number of hydrogen-bond acceptors (Lipinski definition) is 12. The van der Waals surface area contributed by atoms with Gasteiger partial charge in [-0.2, -0.15) is 18.2 Å². The molecule has 1 aromatic heterocycles. The number of carboxylic acid groups (broad SMARTS) is 1. The molecule has 2 aliphatic rings. The number of methoxy groups -OCH3 is 1. The van der Waals surface area contributed by atoms with Gasteiger partial charge in [0.05, 0.1) is 13.7 Å². The topological polar surface area (TPSA) is 231 Å². The molecule has 0 saturated carbocycles. The molecule has 4 aromatic rings. The fourth-order valence-corrected chi connectivity index (χ4v) is 6.78. The van der Waals surface area contributed by atoms with Crippen molar-refractivity contribution in [3.05, 3.63) is 112 Å². The van der Waals surface area contributed by atoms with Crippen LogP contribution in [0.25, 0.3) is 11.1 Å². The van der Waals surface area contributed by atoms with Gasteiger partial charge in [0.1, 0.15) is 36.8 Å².